The summed E-state index contributed by atoms with van der Waals surface area (Å²) in [5, 5.41) is 3.79. The summed E-state index contributed by atoms with van der Waals surface area (Å²) in [4.78, 5) is 14.7. The summed E-state index contributed by atoms with van der Waals surface area (Å²) in [5.74, 6) is 0.0163. The molecule has 0 heterocycles. The van der Waals surface area contributed by atoms with E-state index in [-0.39, 0.29) is 10.6 Å². The van der Waals surface area contributed by atoms with E-state index < -0.39 is 16.0 Å². The zero-order valence-electron chi connectivity index (χ0n) is 16.4. The molecule has 0 radical (unpaired) electrons. The van der Waals surface area contributed by atoms with Gasteiger partial charge < -0.3 is 9.47 Å². The van der Waals surface area contributed by atoms with E-state index >= 15 is 0 Å². The van der Waals surface area contributed by atoms with Gasteiger partial charge in [0.1, 0.15) is 0 Å². The van der Waals surface area contributed by atoms with Gasteiger partial charge in [-0.15, -0.1) is 0 Å². The van der Waals surface area contributed by atoms with Crippen molar-refractivity contribution < 1.29 is 22.7 Å². The van der Waals surface area contributed by atoms with Gasteiger partial charge in [0, 0.05) is 0 Å². The van der Waals surface area contributed by atoms with Crippen molar-refractivity contribution in [1.82, 2.24) is 4.83 Å². The van der Waals surface area contributed by atoms with Crippen LogP contribution >= 0.6 is 0 Å². The molecule has 30 heavy (non-hydrogen) atoms. The third-order valence-electron chi connectivity index (χ3n) is 4.12. The van der Waals surface area contributed by atoms with Crippen LogP contribution in [0.3, 0.4) is 0 Å². The smallest absolute Gasteiger partial charge is 0.343 e. The van der Waals surface area contributed by atoms with Gasteiger partial charge in [0.05, 0.1) is 23.8 Å². The molecule has 0 aliphatic rings. The SMILES string of the molecule is COc1ccc(/C=N\NS(=O)(=O)c2ccccc2)cc1OC(=O)c1ccc(C)cc1. The van der Waals surface area contributed by atoms with E-state index in [9.17, 15) is 13.2 Å². The molecule has 0 aliphatic carbocycles. The van der Waals surface area contributed by atoms with Crippen LogP contribution in [0, 0.1) is 6.92 Å². The summed E-state index contributed by atoms with van der Waals surface area (Å²) in [6.45, 7) is 1.92. The summed E-state index contributed by atoms with van der Waals surface area (Å²) in [6, 6.07) is 19.7. The number of rotatable bonds is 7. The summed E-state index contributed by atoms with van der Waals surface area (Å²) < 4.78 is 35.1. The minimum absolute atomic E-state index is 0.101. The molecule has 1 N–H and O–H groups in total. The van der Waals surface area contributed by atoms with Crippen LogP contribution in [0.1, 0.15) is 21.5 Å². The van der Waals surface area contributed by atoms with Gasteiger partial charge in [-0.05, 0) is 55.0 Å². The lowest BCUT2D eigenvalue weighted by molar-refractivity contribution is 0.0729. The first-order valence-corrected chi connectivity index (χ1v) is 10.4. The Morgan fingerprint density at radius 3 is 2.33 bits per heavy atom. The lowest BCUT2D eigenvalue weighted by Gasteiger charge is -2.10. The first kappa shape index (κ1) is 21.1. The molecule has 0 spiro atoms. The van der Waals surface area contributed by atoms with Gasteiger partial charge in [-0.3, -0.25) is 0 Å². The highest BCUT2D eigenvalue weighted by molar-refractivity contribution is 7.89. The number of carbonyl (C=O) groups excluding carboxylic acids is 1. The predicted octanol–water partition coefficient (Wildman–Crippen LogP) is 3.54. The fourth-order valence-corrected chi connectivity index (χ4v) is 3.34. The Balaban J connectivity index is 1.76. The van der Waals surface area contributed by atoms with Crippen molar-refractivity contribution in [3.05, 3.63) is 89.5 Å². The molecule has 0 saturated heterocycles. The number of methoxy groups -OCH3 is 1. The molecule has 3 aromatic carbocycles. The number of benzene rings is 3. The quantitative estimate of drug-likeness (QED) is 0.271. The molecule has 0 unspecified atom stereocenters. The molecule has 0 aromatic heterocycles. The molecule has 0 bridgehead atoms. The second kappa shape index (κ2) is 9.23. The topological polar surface area (TPSA) is 94.1 Å². The summed E-state index contributed by atoms with van der Waals surface area (Å²) in [7, 11) is -2.31. The van der Waals surface area contributed by atoms with Crippen molar-refractivity contribution in [2.24, 2.45) is 5.10 Å². The number of aryl methyl sites for hydroxylation is 1. The fraction of sp³-hybridized carbons (Fsp3) is 0.0909. The Hall–Kier alpha value is -3.65. The lowest BCUT2D eigenvalue weighted by atomic mass is 10.1. The van der Waals surface area contributed by atoms with Crippen LogP contribution < -0.4 is 14.3 Å². The maximum Gasteiger partial charge on any atom is 0.343 e. The number of nitrogens with zero attached hydrogens (tertiary/aromatic N) is 1. The summed E-state index contributed by atoms with van der Waals surface area (Å²) in [5.41, 5.74) is 1.94. The van der Waals surface area contributed by atoms with Gasteiger partial charge in [0.25, 0.3) is 10.0 Å². The average Bonchev–Trinajstić information content (AvgIpc) is 2.75. The van der Waals surface area contributed by atoms with Crippen molar-refractivity contribution in [3.8, 4) is 11.5 Å². The molecule has 3 aromatic rings. The van der Waals surface area contributed by atoms with E-state index in [1.54, 1.807) is 42.5 Å². The van der Waals surface area contributed by atoms with Gasteiger partial charge in [-0.25, -0.2) is 9.63 Å². The van der Waals surface area contributed by atoms with Crippen LogP contribution in [-0.4, -0.2) is 27.7 Å². The summed E-state index contributed by atoms with van der Waals surface area (Å²) >= 11 is 0. The highest BCUT2D eigenvalue weighted by Gasteiger charge is 2.14. The number of sulfonamides is 1. The molecule has 154 valence electrons. The van der Waals surface area contributed by atoms with Gasteiger partial charge in [-0.1, -0.05) is 35.9 Å². The lowest BCUT2D eigenvalue weighted by Crippen LogP contribution is -2.18. The van der Waals surface area contributed by atoms with Crippen LogP contribution in [0.5, 0.6) is 11.5 Å². The first-order chi connectivity index (χ1) is 14.4. The molecular weight excluding hydrogens is 404 g/mol. The standard InChI is InChI=1S/C22H20N2O5S/c1-16-8-11-18(12-9-16)22(25)29-21-14-17(10-13-20(21)28-2)15-23-24-30(26,27)19-6-4-3-5-7-19/h3-15,24H,1-2H3/b23-15-. The molecule has 0 aliphatic heterocycles. The van der Waals surface area contributed by atoms with E-state index in [4.69, 9.17) is 9.47 Å². The fourth-order valence-electron chi connectivity index (χ4n) is 2.52. The van der Waals surface area contributed by atoms with Crippen LogP contribution in [0.2, 0.25) is 0 Å². The number of nitrogens with one attached hydrogen (secondary N) is 1. The highest BCUT2D eigenvalue weighted by atomic mass is 32.2. The summed E-state index contributed by atoms with van der Waals surface area (Å²) in [6.07, 6.45) is 1.31. The number of ether oxygens (including phenoxy) is 2. The van der Waals surface area contributed by atoms with Crippen LogP contribution in [0.25, 0.3) is 0 Å². The Bertz CT molecular complexity index is 1160. The van der Waals surface area contributed by atoms with Gasteiger partial charge >= 0.3 is 5.97 Å². The minimum Gasteiger partial charge on any atom is -0.493 e. The Kier molecular flexibility index (Phi) is 6.48. The number of carbonyl (C=O) groups is 1. The zero-order chi connectivity index (χ0) is 21.6. The van der Waals surface area contributed by atoms with Crippen molar-refractivity contribution >= 4 is 22.2 Å². The normalized spacial score (nSPS) is 11.3. The monoisotopic (exact) mass is 424 g/mol. The third-order valence-corrected chi connectivity index (χ3v) is 5.36. The van der Waals surface area contributed by atoms with E-state index in [1.807, 2.05) is 19.1 Å². The first-order valence-electron chi connectivity index (χ1n) is 8.96. The van der Waals surface area contributed by atoms with Crippen LogP contribution in [0.4, 0.5) is 0 Å². The number of hydrogen-bond donors (Lipinski definition) is 1. The molecule has 0 atom stereocenters. The van der Waals surface area contributed by atoms with E-state index in [0.29, 0.717) is 16.9 Å². The van der Waals surface area contributed by atoms with Crippen molar-refractivity contribution in [3.63, 3.8) is 0 Å². The highest BCUT2D eigenvalue weighted by Crippen LogP contribution is 2.28. The molecular formula is C22H20N2O5S. The molecule has 0 fully saturated rings. The molecule has 7 nitrogen and oxygen atoms in total. The number of hydrogen-bond acceptors (Lipinski definition) is 6. The third kappa shape index (κ3) is 5.24. The molecule has 8 heteroatoms. The van der Waals surface area contributed by atoms with Crippen LogP contribution in [0.15, 0.2) is 82.8 Å². The number of hydrazone groups is 1. The second-order valence-corrected chi connectivity index (χ2v) is 7.99. The molecule has 0 saturated carbocycles. The van der Waals surface area contributed by atoms with Crippen molar-refractivity contribution in [2.75, 3.05) is 7.11 Å². The minimum atomic E-state index is -3.77. The second-order valence-electron chi connectivity index (χ2n) is 6.33. The van der Waals surface area contributed by atoms with Crippen molar-refractivity contribution in [2.45, 2.75) is 11.8 Å². The average molecular weight is 424 g/mol. The van der Waals surface area contributed by atoms with Gasteiger partial charge in [-0.2, -0.15) is 13.5 Å². The van der Waals surface area contributed by atoms with E-state index in [2.05, 4.69) is 9.93 Å². The molecule has 3 rings (SSSR count). The maximum absolute atomic E-state index is 12.4. The Morgan fingerprint density at radius 2 is 1.67 bits per heavy atom. The largest absolute Gasteiger partial charge is 0.493 e. The van der Waals surface area contributed by atoms with Crippen molar-refractivity contribution in [1.29, 1.82) is 0 Å². The van der Waals surface area contributed by atoms with Gasteiger partial charge in [0.2, 0.25) is 0 Å². The van der Waals surface area contributed by atoms with Gasteiger partial charge in [0.15, 0.2) is 11.5 Å². The Morgan fingerprint density at radius 1 is 0.967 bits per heavy atom. The van der Waals surface area contributed by atoms with E-state index in [0.717, 1.165) is 5.56 Å². The maximum atomic E-state index is 12.4. The zero-order valence-corrected chi connectivity index (χ0v) is 17.2. The van der Waals surface area contributed by atoms with E-state index in [1.165, 1.54) is 31.5 Å². The number of esters is 1. The Labute approximate surface area is 175 Å². The predicted molar refractivity (Wildman–Crippen MR) is 113 cm³/mol. The molecule has 0 amide bonds. The van der Waals surface area contributed by atoms with Crippen LogP contribution in [-0.2, 0) is 10.0 Å².